The molecule has 1 saturated heterocycles. The summed E-state index contributed by atoms with van der Waals surface area (Å²) in [4.78, 5) is 23.0. The summed E-state index contributed by atoms with van der Waals surface area (Å²) >= 11 is 0. The molecule has 0 saturated carbocycles. The standard InChI is InChI=1S/C22H25F3N4O/c23-22(24,25)18-8-9-20(26-15-18)28-11-4-10-27(13-14-28)16-21(30)29-12-3-6-17-5-1-2-7-19(17)29/h1-2,5,7-9,15H,3-4,6,10-14,16H2. The highest BCUT2D eigenvalue weighted by Gasteiger charge is 2.31. The number of alkyl halides is 3. The van der Waals surface area contributed by atoms with Crippen LogP contribution in [0.25, 0.3) is 0 Å². The average Bonchev–Trinajstić information content (AvgIpc) is 2.98. The van der Waals surface area contributed by atoms with E-state index in [1.165, 1.54) is 11.6 Å². The molecular formula is C22H25F3N4O. The van der Waals surface area contributed by atoms with Gasteiger partial charge in [0.05, 0.1) is 12.1 Å². The first-order chi connectivity index (χ1) is 14.4. The van der Waals surface area contributed by atoms with Crippen molar-refractivity contribution < 1.29 is 18.0 Å². The lowest BCUT2D eigenvalue weighted by Gasteiger charge is -2.31. The van der Waals surface area contributed by atoms with Crippen molar-refractivity contribution in [2.75, 3.05) is 49.1 Å². The lowest BCUT2D eigenvalue weighted by Crippen LogP contribution is -2.43. The number of pyridine rings is 1. The van der Waals surface area contributed by atoms with Crippen molar-refractivity contribution >= 4 is 17.4 Å². The molecule has 1 fully saturated rings. The van der Waals surface area contributed by atoms with E-state index >= 15 is 0 Å². The molecule has 0 bridgehead atoms. The highest BCUT2D eigenvalue weighted by atomic mass is 19.4. The minimum atomic E-state index is -4.38. The van der Waals surface area contributed by atoms with Gasteiger partial charge in [-0.15, -0.1) is 0 Å². The number of anilines is 2. The van der Waals surface area contributed by atoms with Gasteiger partial charge in [0, 0.05) is 44.6 Å². The van der Waals surface area contributed by atoms with Crippen molar-refractivity contribution in [2.45, 2.75) is 25.4 Å². The van der Waals surface area contributed by atoms with Crippen LogP contribution < -0.4 is 9.80 Å². The SMILES string of the molecule is O=C(CN1CCCN(c2ccc(C(F)(F)F)cn2)CC1)N1CCCc2ccccc21. The Kier molecular flexibility index (Phi) is 5.94. The number of nitrogens with zero attached hydrogens (tertiary/aromatic N) is 4. The van der Waals surface area contributed by atoms with E-state index in [4.69, 9.17) is 0 Å². The fourth-order valence-electron chi connectivity index (χ4n) is 4.17. The first kappa shape index (κ1) is 20.7. The van der Waals surface area contributed by atoms with Crippen LogP contribution in [0.2, 0.25) is 0 Å². The maximum Gasteiger partial charge on any atom is 0.417 e. The highest BCUT2D eigenvalue weighted by Crippen LogP contribution is 2.30. The molecule has 2 aromatic rings. The zero-order chi connectivity index (χ0) is 21.1. The van der Waals surface area contributed by atoms with E-state index in [1.807, 2.05) is 28.0 Å². The second-order valence-corrected chi connectivity index (χ2v) is 7.80. The van der Waals surface area contributed by atoms with Crippen molar-refractivity contribution in [3.8, 4) is 0 Å². The molecule has 30 heavy (non-hydrogen) atoms. The zero-order valence-corrected chi connectivity index (χ0v) is 16.7. The van der Waals surface area contributed by atoms with E-state index in [1.54, 1.807) is 0 Å². The molecule has 1 aromatic heterocycles. The van der Waals surface area contributed by atoms with Crippen LogP contribution in [0.3, 0.4) is 0 Å². The largest absolute Gasteiger partial charge is 0.417 e. The number of hydrogen-bond acceptors (Lipinski definition) is 4. The third-order valence-corrected chi connectivity index (χ3v) is 5.76. The highest BCUT2D eigenvalue weighted by molar-refractivity contribution is 5.95. The molecule has 160 valence electrons. The summed E-state index contributed by atoms with van der Waals surface area (Å²) < 4.78 is 38.2. The van der Waals surface area contributed by atoms with Crippen LogP contribution in [0.15, 0.2) is 42.6 Å². The van der Waals surface area contributed by atoms with Gasteiger partial charge in [-0.2, -0.15) is 13.2 Å². The second kappa shape index (κ2) is 8.63. The molecule has 2 aliphatic rings. The number of rotatable bonds is 3. The molecule has 1 amide bonds. The third kappa shape index (κ3) is 4.59. The third-order valence-electron chi connectivity index (χ3n) is 5.76. The summed E-state index contributed by atoms with van der Waals surface area (Å²) in [5.41, 5.74) is 1.49. The second-order valence-electron chi connectivity index (χ2n) is 7.80. The Bertz CT molecular complexity index is 885. The van der Waals surface area contributed by atoms with Gasteiger partial charge in [0.2, 0.25) is 5.91 Å². The van der Waals surface area contributed by atoms with Gasteiger partial charge in [-0.25, -0.2) is 4.98 Å². The Morgan fingerprint density at radius 1 is 0.967 bits per heavy atom. The van der Waals surface area contributed by atoms with Crippen LogP contribution in [-0.2, 0) is 17.4 Å². The Labute approximate surface area is 174 Å². The lowest BCUT2D eigenvalue weighted by atomic mass is 10.0. The predicted octanol–water partition coefficient (Wildman–Crippen LogP) is 3.59. The summed E-state index contributed by atoms with van der Waals surface area (Å²) in [6.07, 6.45) is -0.703. The first-order valence-corrected chi connectivity index (χ1v) is 10.3. The summed E-state index contributed by atoms with van der Waals surface area (Å²) in [6.45, 7) is 3.87. The Balaban J connectivity index is 1.36. The monoisotopic (exact) mass is 418 g/mol. The van der Waals surface area contributed by atoms with E-state index in [2.05, 4.69) is 16.0 Å². The van der Waals surface area contributed by atoms with Gasteiger partial charge in [0.15, 0.2) is 0 Å². The molecule has 0 atom stereocenters. The molecule has 0 aliphatic carbocycles. The maximum atomic E-state index is 13.0. The fraction of sp³-hybridized carbons (Fsp3) is 0.455. The van der Waals surface area contributed by atoms with Gasteiger partial charge >= 0.3 is 6.18 Å². The van der Waals surface area contributed by atoms with Crippen molar-refractivity contribution in [3.63, 3.8) is 0 Å². The van der Waals surface area contributed by atoms with Crippen LogP contribution in [-0.4, -0.2) is 55.1 Å². The number of halogens is 3. The molecule has 8 heteroatoms. The molecule has 2 aliphatic heterocycles. The lowest BCUT2D eigenvalue weighted by molar-refractivity contribution is -0.137. The van der Waals surface area contributed by atoms with E-state index in [0.29, 0.717) is 32.0 Å². The molecule has 3 heterocycles. The number of aryl methyl sites for hydroxylation is 1. The van der Waals surface area contributed by atoms with Gasteiger partial charge in [-0.05, 0) is 43.0 Å². The number of amides is 1. The molecule has 0 unspecified atom stereocenters. The van der Waals surface area contributed by atoms with Crippen LogP contribution in [0, 0.1) is 0 Å². The minimum absolute atomic E-state index is 0.100. The van der Waals surface area contributed by atoms with Gasteiger partial charge in [0.25, 0.3) is 0 Å². The fourth-order valence-corrected chi connectivity index (χ4v) is 4.17. The summed E-state index contributed by atoms with van der Waals surface area (Å²) in [6, 6.07) is 10.6. The number of hydrogen-bond donors (Lipinski definition) is 0. The minimum Gasteiger partial charge on any atom is -0.355 e. The number of carbonyl (C=O) groups excluding carboxylic acids is 1. The Morgan fingerprint density at radius 3 is 2.57 bits per heavy atom. The average molecular weight is 418 g/mol. The molecule has 4 rings (SSSR count). The van der Waals surface area contributed by atoms with Gasteiger partial charge < -0.3 is 9.80 Å². The number of fused-ring (bicyclic) bond motifs is 1. The molecule has 0 N–H and O–H groups in total. The summed E-state index contributed by atoms with van der Waals surface area (Å²) in [7, 11) is 0. The van der Waals surface area contributed by atoms with Crippen molar-refractivity contribution in [1.82, 2.24) is 9.88 Å². The van der Waals surface area contributed by atoms with E-state index in [9.17, 15) is 18.0 Å². The van der Waals surface area contributed by atoms with Gasteiger partial charge in [0.1, 0.15) is 5.82 Å². The van der Waals surface area contributed by atoms with Gasteiger partial charge in [-0.3, -0.25) is 9.69 Å². The zero-order valence-electron chi connectivity index (χ0n) is 16.7. The van der Waals surface area contributed by atoms with E-state index in [0.717, 1.165) is 50.3 Å². The topological polar surface area (TPSA) is 39.7 Å². The van der Waals surface area contributed by atoms with Gasteiger partial charge in [-0.1, -0.05) is 18.2 Å². The first-order valence-electron chi connectivity index (χ1n) is 10.3. The van der Waals surface area contributed by atoms with E-state index in [-0.39, 0.29) is 5.91 Å². The molecule has 1 aromatic carbocycles. The normalized spacial score (nSPS) is 18.1. The van der Waals surface area contributed by atoms with Crippen molar-refractivity contribution in [2.24, 2.45) is 0 Å². The Hall–Kier alpha value is -2.61. The molecular weight excluding hydrogens is 393 g/mol. The summed E-state index contributed by atoms with van der Waals surface area (Å²) in [5.74, 6) is 0.643. The Morgan fingerprint density at radius 2 is 1.80 bits per heavy atom. The molecule has 0 radical (unpaired) electrons. The predicted molar refractivity (Wildman–Crippen MR) is 110 cm³/mol. The number of carbonyl (C=O) groups is 1. The van der Waals surface area contributed by atoms with Crippen LogP contribution in [0.5, 0.6) is 0 Å². The smallest absolute Gasteiger partial charge is 0.355 e. The number of benzene rings is 1. The van der Waals surface area contributed by atoms with Crippen molar-refractivity contribution in [3.05, 3.63) is 53.7 Å². The van der Waals surface area contributed by atoms with Crippen molar-refractivity contribution in [1.29, 1.82) is 0 Å². The van der Waals surface area contributed by atoms with Crippen LogP contribution in [0.4, 0.5) is 24.7 Å². The quantitative estimate of drug-likeness (QED) is 0.764. The van der Waals surface area contributed by atoms with Crippen LogP contribution >= 0.6 is 0 Å². The maximum absolute atomic E-state index is 13.0. The van der Waals surface area contributed by atoms with E-state index < -0.39 is 11.7 Å². The summed E-state index contributed by atoms with van der Waals surface area (Å²) in [5, 5.41) is 0. The molecule has 0 spiro atoms. The number of aromatic nitrogens is 1. The van der Waals surface area contributed by atoms with Crippen LogP contribution in [0.1, 0.15) is 24.0 Å². The number of para-hydroxylation sites is 1. The molecule has 5 nitrogen and oxygen atoms in total.